The third-order valence-corrected chi connectivity index (χ3v) is 5.72. The minimum atomic E-state index is -1.56. The molecule has 0 aliphatic carbocycles. The molecule has 0 bridgehead atoms. The van der Waals surface area contributed by atoms with Gasteiger partial charge >= 0.3 is 0 Å². The Bertz CT molecular complexity index is 1150. The molecule has 4 aromatic rings. The van der Waals surface area contributed by atoms with Gasteiger partial charge < -0.3 is 13.7 Å². The Balaban J connectivity index is 1.41. The van der Waals surface area contributed by atoms with Gasteiger partial charge in [-0.2, -0.15) is 0 Å². The van der Waals surface area contributed by atoms with Crippen molar-refractivity contribution in [1.82, 2.24) is 0 Å². The summed E-state index contributed by atoms with van der Waals surface area (Å²) in [7, 11) is 1.63. The van der Waals surface area contributed by atoms with Gasteiger partial charge in [-0.15, -0.1) is 0 Å². The molecule has 0 fully saturated rings. The number of hydrogen-bond donors (Lipinski definition) is 0. The predicted octanol–water partition coefficient (Wildman–Crippen LogP) is 6.56. The van der Waals surface area contributed by atoms with Gasteiger partial charge in [-0.1, -0.05) is 42.0 Å². The van der Waals surface area contributed by atoms with E-state index in [9.17, 15) is 4.21 Å². The van der Waals surface area contributed by atoms with Crippen LogP contribution in [0.2, 0.25) is 0 Å². The molecule has 0 aromatic heterocycles. The second kappa shape index (κ2) is 9.49. The Morgan fingerprint density at radius 2 is 1.03 bits per heavy atom. The van der Waals surface area contributed by atoms with Crippen LogP contribution in [0.3, 0.4) is 0 Å². The molecule has 0 saturated carbocycles. The first-order valence-corrected chi connectivity index (χ1v) is 10.9. The van der Waals surface area contributed by atoms with Crippen molar-refractivity contribution >= 4 is 11.1 Å². The van der Waals surface area contributed by atoms with Crippen molar-refractivity contribution in [2.24, 2.45) is 0 Å². The van der Waals surface area contributed by atoms with Gasteiger partial charge in [0, 0.05) is 0 Å². The van der Waals surface area contributed by atoms with E-state index in [-0.39, 0.29) is 0 Å². The fourth-order valence-electron chi connectivity index (χ4n) is 2.98. The van der Waals surface area contributed by atoms with Crippen molar-refractivity contribution in [2.75, 3.05) is 7.11 Å². The first-order chi connectivity index (χ1) is 15.1. The molecule has 0 amide bonds. The monoisotopic (exact) mass is 430 g/mol. The molecule has 31 heavy (non-hydrogen) atoms. The molecule has 4 nitrogen and oxygen atoms in total. The van der Waals surface area contributed by atoms with Gasteiger partial charge in [-0.3, -0.25) is 0 Å². The summed E-state index contributed by atoms with van der Waals surface area (Å²) < 4.78 is 29.0. The van der Waals surface area contributed by atoms with Gasteiger partial charge in [0.25, 0.3) is 0 Å². The third-order valence-electron chi connectivity index (χ3n) is 4.72. The number of benzene rings is 4. The zero-order chi connectivity index (χ0) is 21.6. The minimum Gasteiger partial charge on any atom is -0.497 e. The molecule has 4 rings (SSSR count). The summed E-state index contributed by atoms with van der Waals surface area (Å²) in [6.07, 6.45) is 0. The average Bonchev–Trinajstić information content (AvgIpc) is 2.82. The maximum atomic E-state index is 12.5. The number of ether oxygens (including phenoxy) is 2. The second-order valence-corrected chi connectivity index (χ2v) is 8.06. The Kier molecular flexibility index (Phi) is 6.34. The molecule has 0 N–H and O–H groups in total. The Labute approximate surface area is 184 Å². The zero-order valence-electron chi connectivity index (χ0n) is 17.3. The summed E-state index contributed by atoms with van der Waals surface area (Å²) >= 11 is -1.56. The fourth-order valence-corrected chi connectivity index (χ4v) is 3.72. The minimum absolute atomic E-state index is 0.584. The summed E-state index contributed by atoms with van der Waals surface area (Å²) in [5.74, 6) is 2.86. The SMILES string of the molecule is COc1ccc(Oc2ccc(-c3ccc(S(=O)Oc4ccc(C)cc4)cc3)cc2)cc1. The first kappa shape index (κ1) is 20.7. The number of hydrogen-bond acceptors (Lipinski definition) is 4. The summed E-state index contributed by atoms with van der Waals surface area (Å²) in [6.45, 7) is 2.00. The summed E-state index contributed by atoms with van der Waals surface area (Å²) in [4.78, 5) is 0.615. The summed E-state index contributed by atoms with van der Waals surface area (Å²) in [6, 6.07) is 30.3. The van der Waals surface area contributed by atoms with Gasteiger partial charge in [0.1, 0.15) is 23.0 Å². The van der Waals surface area contributed by atoms with Crippen LogP contribution in [0.4, 0.5) is 0 Å². The molecular formula is C26H22O4S. The van der Waals surface area contributed by atoms with Crippen molar-refractivity contribution in [3.05, 3.63) is 103 Å². The molecule has 0 spiro atoms. The highest BCUT2D eigenvalue weighted by Gasteiger charge is 2.08. The molecule has 0 heterocycles. The lowest BCUT2D eigenvalue weighted by atomic mass is 10.1. The van der Waals surface area contributed by atoms with E-state index < -0.39 is 11.1 Å². The van der Waals surface area contributed by atoms with E-state index in [0.29, 0.717) is 10.6 Å². The van der Waals surface area contributed by atoms with Gasteiger partial charge in [0.05, 0.1) is 12.0 Å². The number of aryl methyl sites for hydroxylation is 1. The molecule has 156 valence electrons. The standard InChI is InChI=1S/C26H22O4S/c1-19-3-9-25(10-4-19)30-31(27)26-17-7-21(8-18-26)20-5-11-23(12-6-20)29-24-15-13-22(28-2)14-16-24/h3-18H,1-2H3. The highest BCUT2D eigenvalue weighted by Crippen LogP contribution is 2.27. The summed E-state index contributed by atoms with van der Waals surface area (Å²) in [5.41, 5.74) is 3.19. The smallest absolute Gasteiger partial charge is 0.240 e. The van der Waals surface area contributed by atoms with Gasteiger partial charge in [-0.05, 0) is 78.7 Å². The van der Waals surface area contributed by atoms with Gasteiger partial charge in [-0.25, -0.2) is 4.21 Å². The second-order valence-electron chi connectivity index (χ2n) is 6.96. The van der Waals surface area contributed by atoms with E-state index in [0.717, 1.165) is 33.9 Å². The Morgan fingerprint density at radius 1 is 0.581 bits per heavy atom. The lowest BCUT2D eigenvalue weighted by molar-refractivity contribution is 0.413. The molecule has 0 aliphatic heterocycles. The summed E-state index contributed by atoms with van der Waals surface area (Å²) in [5, 5.41) is 0. The van der Waals surface area contributed by atoms with Crippen molar-refractivity contribution in [3.8, 4) is 34.1 Å². The van der Waals surface area contributed by atoms with Crippen LogP contribution in [-0.2, 0) is 11.1 Å². The van der Waals surface area contributed by atoms with Gasteiger partial charge in [0.2, 0.25) is 11.1 Å². The quantitative estimate of drug-likeness (QED) is 0.333. The fraction of sp³-hybridized carbons (Fsp3) is 0.0769. The van der Waals surface area contributed by atoms with E-state index in [1.54, 1.807) is 7.11 Å². The Morgan fingerprint density at radius 3 is 1.58 bits per heavy atom. The van der Waals surface area contributed by atoms with Crippen LogP contribution in [-0.4, -0.2) is 11.3 Å². The van der Waals surface area contributed by atoms with Crippen LogP contribution in [0.1, 0.15) is 5.56 Å². The lowest BCUT2D eigenvalue weighted by Gasteiger charge is -2.09. The van der Waals surface area contributed by atoms with Crippen LogP contribution >= 0.6 is 0 Å². The highest BCUT2D eigenvalue weighted by molar-refractivity contribution is 7.80. The molecule has 0 radical (unpaired) electrons. The van der Waals surface area contributed by atoms with E-state index in [1.165, 1.54) is 0 Å². The van der Waals surface area contributed by atoms with Crippen molar-refractivity contribution in [3.63, 3.8) is 0 Å². The molecule has 0 saturated heterocycles. The first-order valence-electron chi connectivity index (χ1n) is 9.80. The van der Waals surface area contributed by atoms with Crippen LogP contribution in [0.15, 0.2) is 102 Å². The van der Waals surface area contributed by atoms with Crippen LogP contribution in [0, 0.1) is 6.92 Å². The molecule has 1 unspecified atom stereocenters. The van der Waals surface area contributed by atoms with Crippen molar-refractivity contribution in [1.29, 1.82) is 0 Å². The molecule has 5 heteroatoms. The third kappa shape index (κ3) is 5.32. The van der Waals surface area contributed by atoms with Crippen molar-refractivity contribution in [2.45, 2.75) is 11.8 Å². The van der Waals surface area contributed by atoms with Crippen LogP contribution in [0.25, 0.3) is 11.1 Å². The van der Waals surface area contributed by atoms with E-state index in [1.807, 2.05) is 104 Å². The largest absolute Gasteiger partial charge is 0.497 e. The normalized spacial score (nSPS) is 11.5. The molecular weight excluding hydrogens is 408 g/mol. The predicted molar refractivity (Wildman–Crippen MR) is 123 cm³/mol. The average molecular weight is 431 g/mol. The molecule has 4 aromatic carbocycles. The number of methoxy groups -OCH3 is 1. The molecule has 1 atom stereocenters. The number of rotatable bonds is 7. The molecule has 0 aliphatic rings. The highest BCUT2D eigenvalue weighted by atomic mass is 32.2. The maximum absolute atomic E-state index is 12.5. The lowest BCUT2D eigenvalue weighted by Crippen LogP contribution is -2.00. The van der Waals surface area contributed by atoms with E-state index in [2.05, 4.69) is 0 Å². The maximum Gasteiger partial charge on any atom is 0.240 e. The van der Waals surface area contributed by atoms with Crippen LogP contribution in [0.5, 0.6) is 23.0 Å². The van der Waals surface area contributed by atoms with Crippen molar-refractivity contribution < 1.29 is 17.9 Å². The topological polar surface area (TPSA) is 44.8 Å². The van der Waals surface area contributed by atoms with Gasteiger partial charge in [0.15, 0.2) is 0 Å². The zero-order valence-corrected chi connectivity index (χ0v) is 18.1. The Hall–Kier alpha value is -3.57. The van der Waals surface area contributed by atoms with E-state index >= 15 is 0 Å². The van der Waals surface area contributed by atoms with E-state index in [4.69, 9.17) is 13.7 Å². The van der Waals surface area contributed by atoms with Crippen LogP contribution < -0.4 is 13.7 Å².